The summed E-state index contributed by atoms with van der Waals surface area (Å²) in [4.78, 5) is 0. The van der Waals surface area contributed by atoms with Gasteiger partial charge in [0.05, 0.1) is 11.4 Å². The molecule has 3 N–H and O–H groups in total. The smallest absolute Gasteiger partial charge is 0.0749 e. The van der Waals surface area contributed by atoms with Gasteiger partial charge in [-0.05, 0) is 18.6 Å². The molecule has 0 saturated heterocycles. The van der Waals surface area contributed by atoms with Gasteiger partial charge in [0.15, 0.2) is 0 Å². The van der Waals surface area contributed by atoms with E-state index in [0.717, 1.165) is 16.9 Å². The summed E-state index contributed by atoms with van der Waals surface area (Å²) in [5.74, 6) is 0. The minimum absolute atomic E-state index is 0. The zero-order valence-electron chi connectivity index (χ0n) is 7.76. The fourth-order valence-corrected chi connectivity index (χ4v) is 1.07. The summed E-state index contributed by atoms with van der Waals surface area (Å²) in [7, 11) is 3.87. The van der Waals surface area contributed by atoms with Crippen molar-refractivity contribution >= 4 is 11.4 Å². The SMILES string of the molecule is Cc1cccc(N)c1NN(C)C.[HH]. The molecule has 0 spiro atoms. The maximum Gasteiger partial charge on any atom is 0.0749 e. The Balaban J connectivity index is 0.00000144. The van der Waals surface area contributed by atoms with Crippen molar-refractivity contribution in [1.82, 2.24) is 5.01 Å². The second-order valence-electron chi connectivity index (χ2n) is 3.05. The number of nitrogens with two attached hydrogens (primary N) is 1. The number of hydrazine groups is 1. The van der Waals surface area contributed by atoms with Crippen LogP contribution >= 0.6 is 0 Å². The molecule has 0 aliphatic carbocycles. The van der Waals surface area contributed by atoms with E-state index < -0.39 is 0 Å². The first-order valence-electron chi connectivity index (χ1n) is 3.90. The summed E-state index contributed by atoms with van der Waals surface area (Å²) in [5, 5.41) is 1.87. The second-order valence-corrected chi connectivity index (χ2v) is 3.05. The molecule has 3 heteroatoms. The lowest BCUT2D eigenvalue weighted by Crippen LogP contribution is -2.21. The number of para-hydroxylation sites is 1. The maximum absolute atomic E-state index is 5.78. The summed E-state index contributed by atoms with van der Waals surface area (Å²) >= 11 is 0. The molecule has 0 radical (unpaired) electrons. The summed E-state index contributed by atoms with van der Waals surface area (Å²) in [5.41, 5.74) is 11.9. The average Bonchev–Trinajstić information content (AvgIpc) is 1.97. The molecule has 1 aromatic rings. The molecule has 0 atom stereocenters. The second kappa shape index (κ2) is 3.45. The first-order chi connectivity index (χ1) is 5.61. The van der Waals surface area contributed by atoms with Crippen molar-refractivity contribution in [3.8, 4) is 0 Å². The molecule has 0 amide bonds. The molecule has 0 aromatic heterocycles. The Morgan fingerprint density at radius 2 is 2.08 bits per heavy atom. The Morgan fingerprint density at radius 1 is 1.42 bits per heavy atom. The van der Waals surface area contributed by atoms with Crippen molar-refractivity contribution in [2.45, 2.75) is 6.92 Å². The third kappa shape index (κ3) is 1.89. The van der Waals surface area contributed by atoms with Crippen molar-refractivity contribution in [3.63, 3.8) is 0 Å². The monoisotopic (exact) mass is 167 g/mol. The topological polar surface area (TPSA) is 41.3 Å². The highest BCUT2D eigenvalue weighted by Crippen LogP contribution is 2.22. The van der Waals surface area contributed by atoms with E-state index in [2.05, 4.69) is 5.43 Å². The van der Waals surface area contributed by atoms with Gasteiger partial charge in [-0.1, -0.05) is 12.1 Å². The van der Waals surface area contributed by atoms with E-state index >= 15 is 0 Å². The van der Waals surface area contributed by atoms with Crippen molar-refractivity contribution in [2.24, 2.45) is 0 Å². The van der Waals surface area contributed by atoms with Gasteiger partial charge in [0.2, 0.25) is 0 Å². The van der Waals surface area contributed by atoms with E-state index in [-0.39, 0.29) is 1.43 Å². The predicted octanol–water partition coefficient (Wildman–Crippen LogP) is 1.71. The van der Waals surface area contributed by atoms with E-state index in [0.29, 0.717) is 0 Å². The number of nitrogens with zero attached hydrogens (tertiary/aromatic N) is 1. The molecule has 1 aromatic carbocycles. The molecule has 0 heterocycles. The van der Waals surface area contributed by atoms with Crippen LogP contribution in [0.2, 0.25) is 0 Å². The first kappa shape index (κ1) is 8.87. The molecule has 68 valence electrons. The van der Waals surface area contributed by atoms with Gasteiger partial charge in [-0.15, -0.1) is 0 Å². The highest BCUT2D eigenvalue weighted by Gasteiger charge is 2.01. The van der Waals surface area contributed by atoms with Gasteiger partial charge in [0, 0.05) is 15.5 Å². The highest BCUT2D eigenvalue weighted by molar-refractivity contribution is 5.69. The highest BCUT2D eigenvalue weighted by atomic mass is 15.5. The fraction of sp³-hybridized carbons (Fsp3) is 0.333. The van der Waals surface area contributed by atoms with Gasteiger partial charge in [0.25, 0.3) is 0 Å². The largest absolute Gasteiger partial charge is 0.397 e. The van der Waals surface area contributed by atoms with Crippen LogP contribution in [0, 0.1) is 6.92 Å². The Bertz CT molecular complexity index is 253. The normalized spacial score (nSPS) is 10.3. The summed E-state index contributed by atoms with van der Waals surface area (Å²) in [6.07, 6.45) is 0. The third-order valence-electron chi connectivity index (χ3n) is 1.64. The molecule has 0 aliphatic heterocycles. The zero-order valence-corrected chi connectivity index (χ0v) is 7.76. The van der Waals surface area contributed by atoms with Crippen LogP contribution in [-0.2, 0) is 0 Å². The van der Waals surface area contributed by atoms with Crippen LogP contribution in [0.1, 0.15) is 6.99 Å². The van der Waals surface area contributed by atoms with Gasteiger partial charge < -0.3 is 11.2 Å². The average molecular weight is 167 g/mol. The van der Waals surface area contributed by atoms with E-state index in [1.54, 1.807) is 0 Å². The number of rotatable bonds is 2. The Morgan fingerprint density at radius 3 is 2.58 bits per heavy atom. The number of aryl methyl sites for hydroxylation is 1. The number of hydrogen-bond donors (Lipinski definition) is 2. The molecule has 3 nitrogen and oxygen atoms in total. The van der Waals surface area contributed by atoms with Crippen LogP contribution in [0.4, 0.5) is 11.4 Å². The zero-order chi connectivity index (χ0) is 9.14. The fourth-order valence-electron chi connectivity index (χ4n) is 1.07. The molecule has 0 bridgehead atoms. The number of anilines is 2. The number of hydrogen-bond acceptors (Lipinski definition) is 3. The summed E-state index contributed by atoms with van der Waals surface area (Å²) < 4.78 is 0. The summed E-state index contributed by atoms with van der Waals surface area (Å²) in [6, 6.07) is 5.87. The quantitative estimate of drug-likeness (QED) is 0.520. The number of nitrogen functional groups attached to an aromatic ring is 1. The van der Waals surface area contributed by atoms with E-state index in [9.17, 15) is 0 Å². The lowest BCUT2D eigenvalue weighted by atomic mass is 10.2. The van der Waals surface area contributed by atoms with Crippen molar-refractivity contribution in [3.05, 3.63) is 23.8 Å². The van der Waals surface area contributed by atoms with Crippen LogP contribution in [-0.4, -0.2) is 19.1 Å². The predicted molar refractivity (Wildman–Crippen MR) is 55.0 cm³/mol. The molecule has 0 fully saturated rings. The molecule has 1 rings (SSSR count). The van der Waals surface area contributed by atoms with Crippen LogP contribution in [0.3, 0.4) is 0 Å². The lowest BCUT2D eigenvalue weighted by Gasteiger charge is -2.17. The minimum Gasteiger partial charge on any atom is -0.397 e. The van der Waals surface area contributed by atoms with Gasteiger partial charge in [-0.3, -0.25) is 0 Å². The van der Waals surface area contributed by atoms with Crippen LogP contribution in [0.15, 0.2) is 18.2 Å². The third-order valence-corrected chi connectivity index (χ3v) is 1.64. The lowest BCUT2D eigenvalue weighted by molar-refractivity contribution is 0.495. The standard InChI is InChI=1S/C9H15N3.H2/c1-7-5-4-6-8(10)9(7)11-12(2)3;/h4-6,11H,10H2,1-3H3;1H. The number of nitrogens with one attached hydrogen (secondary N) is 1. The Kier molecular flexibility index (Phi) is 2.55. The van der Waals surface area contributed by atoms with Gasteiger partial charge in [-0.25, -0.2) is 5.01 Å². The minimum atomic E-state index is 0. The van der Waals surface area contributed by atoms with Crippen LogP contribution in [0.25, 0.3) is 0 Å². The van der Waals surface area contributed by atoms with Gasteiger partial charge in [-0.2, -0.15) is 0 Å². The maximum atomic E-state index is 5.78. The molecular weight excluding hydrogens is 150 g/mol. The van der Waals surface area contributed by atoms with E-state index in [1.165, 1.54) is 0 Å². The van der Waals surface area contributed by atoms with E-state index in [1.807, 2.05) is 44.2 Å². The summed E-state index contributed by atoms with van der Waals surface area (Å²) in [6.45, 7) is 2.03. The number of benzene rings is 1. The van der Waals surface area contributed by atoms with Crippen molar-refractivity contribution < 1.29 is 1.43 Å². The molecule has 0 saturated carbocycles. The molecule has 0 aliphatic rings. The first-order valence-corrected chi connectivity index (χ1v) is 3.90. The van der Waals surface area contributed by atoms with Gasteiger partial charge >= 0.3 is 0 Å². The van der Waals surface area contributed by atoms with Crippen molar-refractivity contribution in [1.29, 1.82) is 0 Å². The molecule has 12 heavy (non-hydrogen) atoms. The van der Waals surface area contributed by atoms with E-state index in [4.69, 9.17) is 5.73 Å². The molecular formula is C9H17N3. The van der Waals surface area contributed by atoms with Gasteiger partial charge in [0.1, 0.15) is 0 Å². The van der Waals surface area contributed by atoms with Crippen molar-refractivity contribution in [2.75, 3.05) is 25.3 Å². The molecule has 0 unspecified atom stereocenters. The Labute approximate surface area is 74.6 Å². The van der Waals surface area contributed by atoms with Crippen LogP contribution < -0.4 is 11.2 Å². The Hall–Kier alpha value is -1.22. The van der Waals surface area contributed by atoms with Crippen LogP contribution in [0.5, 0.6) is 0 Å².